The molecule has 1 radical (unpaired) electrons. The zero-order valence-corrected chi connectivity index (χ0v) is 5.59. The highest BCUT2D eigenvalue weighted by atomic mass is 32.1. The molecule has 0 aliphatic carbocycles. The molecule has 0 saturated heterocycles. The van der Waals surface area contributed by atoms with E-state index in [9.17, 15) is 0 Å². The van der Waals surface area contributed by atoms with E-state index < -0.39 is 0 Å². The molecule has 0 aliphatic rings. The molecule has 0 aromatic heterocycles. The van der Waals surface area contributed by atoms with E-state index in [0.29, 0.717) is 0 Å². The lowest BCUT2D eigenvalue weighted by Crippen LogP contribution is -2.02. The predicted molar refractivity (Wildman–Crippen MR) is 35.8 cm³/mol. The maximum absolute atomic E-state index is 4.80. The minimum absolute atomic E-state index is 0.884. The Kier molecular flexibility index (Phi) is 4.25. The molecule has 0 atom stereocenters. The van der Waals surface area contributed by atoms with Crippen LogP contribution >= 0.6 is 12.2 Å². The highest BCUT2D eigenvalue weighted by Gasteiger charge is 1.83. The summed E-state index contributed by atoms with van der Waals surface area (Å²) in [5.41, 5.74) is 0. The summed E-state index contributed by atoms with van der Waals surface area (Å²) in [5.74, 6) is 0. The van der Waals surface area contributed by atoms with Crippen molar-refractivity contribution < 1.29 is 0 Å². The van der Waals surface area contributed by atoms with Gasteiger partial charge < -0.3 is 0 Å². The molecule has 0 saturated carbocycles. The van der Waals surface area contributed by atoms with E-state index in [1.165, 1.54) is 0 Å². The average Bonchev–Trinajstić information content (AvgIpc) is 1.61. The Hall–Kier alpha value is 0.0500. The second-order valence-electron chi connectivity index (χ2n) is 1.49. The fraction of sp³-hybridized carbons (Fsp3) is 0.800. The van der Waals surface area contributed by atoms with Gasteiger partial charge in [-0.1, -0.05) is 12.2 Å². The quantitative estimate of drug-likeness (QED) is 0.502. The molecule has 0 unspecified atom stereocenters. The first-order valence-corrected chi connectivity index (χ1v) is 2.73. The summed E-state index contributed by atoms with van der Waals surface area (Å²) in [6.07, 6.45) is 0.964. The monoisotopic (exact) mass is 116 g/mol. The summed E-state index contributed by atoms with van der Waals surface area (Å²) in [4.78, 5) is 1.05. The summed E-state index contributed by atoms with van der Waals surface area (Å²) in [6, 6.07) is 0. The van der Waals surface area contributed by atoms with Crippen LogP contribution < -0.4 is 5.32 Å². The molecule has 0 N–H and O–H groups in total. The van der Waals surface area contributed by atoms with Gasteiger partial charge in [-0.15, -0.1) is 0 Å². The van der Waals surface area contributed by atoms with Gasteiger partial charge in [0.15, 0.2) is 0 Å². The molecule has 0 fully saturated rings. The Balaban J connectivity index is 2.82. The van der Waals surface area contributed by atoms with Crippen LogP contribution in [0.4, 0.5) is 0 Å². The van der Waals surface area contributed by atoms with Gasteiger partial charge >= 0.3 is 0 Å². The van der Waals surface area contributed by atoms with Crippen LogP contribution in [0.5, 0.6) is 0 Å². The summed E-state index contributed by atoms with van der Waals surface area (Å²) in [6.45, 7) is 2.83. The lowest BCUT2D eigenvalue weighted by Gasteiger charge is -1.90. The van der Waals surface area contributed by atoms with Gasteiger partial charge in [0.1, 0.15) is 0 Å². The Morgan fingerprint density at radius 2 is 2.29 bits per heavy atom. The summed E-state index contributed by atoms with van der Waals surface area (Å²) >= 11 is 4.80. The van der Waals surface area contributed by atoms with E-state index in [-0.39, 0.29) is 0 Å². The van der Waals surface area contributed by atoms with Crippen molar-refractivity contribution in [2.45, 2.75) is 13.3 Å². The lowest BCUT2D eigenvalue weighted by atomic mass is 10.3. The van der Waals surface area contributed by atoms with Crippen molar-refractivity contribution in [1.29, 1.82) is 0 Å². The van der Waals surface area contributed by atoms with Crippen LogP contribution in [0.2, 0.25) is 0 Å². The van der Waals surface area contributed by atoms with Gasteiger partial charge in [-0.05, 0) is 18.2 Å². The van der Waals surface area contributed by atoms with Crippen LogP contribution in [0.25, 0.3) is 0 Å². The van der Waals surface area contributed by atoms with E-state index >= 15 is 0 Å². The van der Waals surface area contributed by atoms with Gasteiger partial charge in [0, 0.05) is 13.6 Å². The number of hydrogen-bond acceptors (Lipinski definition) is 1. The third-order valence-electron chi connectivity index (χ3n) is 0.687. The predicted octanol–water partition coefficient (Wildman–Crippen LogP) is 1.00. The van der Waals surface area contributed by atoms with Crippen molar-refractivity contribution in [3.05, 3.63) is 0 Å². The van der Waals surface area contributed by atoms with Crippen molar-refractivity contribution in [2.24, 2.45) is 0 Å². The topological polar surface area (TPSA) is 14.1 Å². The summed E-state index contributed by atoms with van der Waals surface area (Å²) in [7, 11) is 1.80. The number of thiocarbonyl (C=S) groups is 1. The van der Waals surface area contributed by atoms with Gasteiger partial charge in [0.05, 0.1) is 0 Å². The normalized spacial score (nSPS) is 8.86. The van der Waals surface area contributed by atoms with E-state index in [2.05, 4.69) is 5.32 Å². The van der Waals surface area contributed by atoms with Crippen LogP contribution in [0, 0.1) is 0 Å². The third-order valence-corrected chi connectivity index (χ3v) is 0.892. The molecule has 0 spiro atoms. The Morgan fingerprint density at radius 1 is 1.71 bits per heavy atom. The molecule has 0 aromatic carbocycles. The van der Waals surface area contributed by atoms with Crippen LogP contribution in [0.15, 0.2) is 0 Å². The first-order chi connectivity index (χ1) is 3.27. The standard InChI is InChI=1S/C5H10NS/c1-5(7)3-4-6-2/h3-4H2,1-2H3. The zero-order chi connectivity index (χ0) is 5.70. The second-order valence-corrected chi connectivity index (χ2v) is 2.19. The number of nitrogens with zero attached hydrogens (tertiary/aromatic N) is 1. The van der Waals surface area contributed by atoms with Crippen molar-refractivity contribution >= 4 is 17.1 Å². The first-order valence-electron chi connectivity index (χ1n) is 2.32. The van der Waals surface area contributed by atoms with E-state index in [0.717, 1.165) is 17.8 Å². The SMILES string of the molecule is C[N]CCC(C)=S. The van der Waals surface area contributed by atoms with E-state index in [4.69, 9.17) is 12.2 Å². The number of rotatable bonds is 3. The van der Waals surface area contributed by atoms with E-state index in [1.807, 2.05) is 6.92 Å². The minimum atomic E-state index is 0.884. The molecule has 0 rings (SSSR count). The van der Waals surface area contributed by atoms with E-state index in [1.54, 1.807) is 7.05 Å². The summed E-state index contributed by atoms with van der Waals surface area (Å²) < 4.78 is 0. The fourth-order valence-electron chi connectivity index (χ4n) is 0.269. The Bertz CT molecular complexity index is 61.1. The molecule has 1 nitrogen and oxygen atoms in total. The maximum atomic E-state index is 4.80. The molecule has 0 aromatic rings. The van der Waals surface area contributed by atoms with Gasteiger partial charge in [-0.2, -0.15) is 0 Å². The van der Waals surface area contributed by atoms with Crippen LogP contribution in [0.1, 0.15) is 13.3 Å². The summed E-state index contributed by atoms with van der Waals surface area (Å²) in [5, 5.41) is 3.89. The fourth-order valence-corrected chi connectivity index (χ4v) is 0.361. The maximum Gasteiger partial charge on any atom is 0.0175 e. The molecule has 0 bridgehead atoms. The minimum Gasteiger partial charge on any atom is -0.245 e. The molecule has 0 amide bonds. The van der Waals surface area contributed by atoms with Gasteiger partial charge in [0.25, 0.3) is 0 Å². The average molecular weight is 116 g/mol. The molecule has 41 valence electrons. The van der Waals surface area contributed by atoms with Crippen LogP contribution in [0.3, 0.4) is 0 Å². The van der Waals surface area contributed by atoms with Crippen molar-refractivity contribution in [3.8, 4) is 0 Å². The highest BCUT2D eigenvalue weighted by molar-refractivity contribution is 7.80. The van der Waals surface area contributed by atoms with Crippen LogP contribution in [-0.4, -0.2) is 18.5 Å². The molecular formula is C5H10NS. The Labute approximate surface area is 50.1 Å². The second kappa shape index (κ2) is 4.22. The highest BCUT2D eigenvalue weighted by Crippen LogP contribution is 1.80. The molecular weight excluding hydrogens is 106 g/mol. The third kappa shape index (κ3) is 6.05. The molecule has 2 heteroatoms. The zero-order valence-electron chi connectivity index (χ0n) is 4.77. The van der Waals surface area contributed by atoms with Gasteiger partial charge in [-0.3, -0.25) is 0 Å². The van der Waals surface area contributed by atoms with Crippen LogP contribution in [-0.2, 0) is 0 Å². The first kappa shape index (κ1) is 7.05. The van der Waals surface area contributed by atoms with Crippen molar-refractivity contribution in [2.75, 3.05) is 13.6 Å². The molecule has 0 aliphatic heterocycles. The number of hydrogen-bond donors (Lipinski definition) is 0. The van der Waals surface area contributed by atoms with Crippen molar-refractivity contribution in [1.82, 2.24) is 5.32 Å². The lowest BCUT2D eigenvalue weighted by molar-refractivity contribution is 0.810. The van der Waals surface area contributed by atoms with Gasteiger partial charge in [0.2, 0.25) is 0 Å². The molecule has 0 heterocycles. The largest absolute Gasteiger partial charge is 0.245 e. The van der Waals surface area contributed by atoms with Gasteiger partial charge in [-0.25, -0.2) is 5.32 Å². The molecule has 7 heavy (non-hydrogen) atoms. The smallest absolute Gasteiger partial charge is 0.0175 e. The Morgan fingerprint density at radius 3 is 2.43 bits per heavy atom. The van der Waals surface area contributed by atoms with Crippen molar-refractivity contribution in [3.63, 3.8) is 0 Å².